The van der Waals surface area contributed by atoms with Crippen LogP contribution >= 0.6 is 0 Å². The highest BCUT2D eigenvalue weighted by Crippen LogP contribution is 2.21. The molecular weight excluding hydrogens is 212 g/mol. The second-order valence-corrected chi connectivity index (χ2v) is 4.01. The van der Waals surface area contributed by atoms with Crippen molar-refractivity contribution in [3.8, 4) is 0 Å². The second kappa shape index (κ2) is 4.97. The zero-order chi connectivity index (χ0) is 12.3. The summed E-state index contributed by atoms with van der Waals surface area (Å²) in [5.41, 5.74) is 0.920. The molecule has 1 amide bonds. The lowest BCUT2D eigenvalue weighted by molar-refractivity contribution is -0.117. The molecule has 0 fully saturated rings. The molecule has 0 unspecified atom stereocenters. The van der Waals surface area contributed by atoms with Crippen LogP contribution in [-0.4, -0.2) is 26.5 Å². The Labute approximate surface area is 101 Å². The third-order valence-electron chi connectivity index (χ3n) is 2.82. The highest BCUT2D eigenvalue weighted by molar-refractivity contribution is 5.96. The number of carbonyl (C=O) groups excluding carboxylic acids is 1. The molecule has 0 aliphatic carbocycles. The fraction of sp³-hybridized carbons (Fsp3) is 0.214. The summed E-state index contributed by atoms with van der Waals surface area (Å²) < 4.78 is 0. The van der Waals surface area contributed by atoms with Crippen LogP contribution in [0.15, 0.2) is 42.5 Å². The molecule has 2 aromatic rings. The molecule has 0 saturated heterocycles. The third kappa shape index (κ3) is 2.45. The van der Waals surface area contributed by atoms with E-state index in [0.717, 1.165) is 11.1 Å². The average Bonchev–Trinajstić information content (AvgIpc) is 2.37. The van der Waals surface area contributed by atoms with E-state index in [2.05, 4.69) is 17.4 Å². The lowest BCUT2D eigenvalue weighted by Crippen LogP contribution is -2.34. The smallest absolute Gasteiger partial charge is 0.240 e. The van der Waals surface area contributed by atoms with Crippen LogP contribution in [-0.2, 0) is 4.79 Å². The first-order valence-corrected chi connectivity index (χ1v) is 5.62. The summed E-state index contributed by atoms with van der Waals surface area (Å²) in [7, 11) is 3.57. The summed E-state index contributed by atoms with van der Waals surface area (Å²) in [6.45, 7) is 0.351. The maximum absolute atomic E-state index is 11.7. The van der Waals surface area contributed by atoms with Crippen LogP contribution < -0.4 is 10.2 Å². The number of hydrogen-bond acceptors (Lipinski definition) is 2. The Morgan fingerprint density at radius 2 is 1.88 bits per heavy atom. The number of nitrogens with one attached hydrogen (secondary N) is 1. The van der Waals surface area contributed by atoms with Crippen molar-refractivity contribution in [2.75, 3.05) is 25.5 Å². The molecule has 17 heavy (non-hydrogen) atoms. The maximum Gasteiger partial charge on any atom is 0.240 e. The minimum Gasteiger partial charge on any atom is -0.314 e. The summed E-state index contributed by atoms with van der Waals surface area (Å²) >= 11 is 0. The van der Waals surface area contributed by atoms with Gasteiger partial charge in [0.2, 0.25) is 5.91 Å². The van der Waals surface area contributed by atoms with Gasteiger partial charge in [-0.15, -0.1) is 0 Å². The number of hydrogen-bond donors (Lipinski definition) is 1. The molecule has 0 atom stereocenters. The fourth-order valence-electron chi connectivity index (χ4n) is 1.80. The van der Waals surface area contributed by atoms with Crippen LogP contribution in [0.3, 0.4) is 0 Å². The van der Waals surface area contributed by atoms with Gasteiger partial charge in [-0.2, -0.15) is 0 Å². The van der Waals surface area contributed by atoms with Gasteiger partial charge in [-0.25, -0.2) is 0 Å². The normalized spacial score (nSPS) is 10.5. The second-order valence-electron chi connectivity index (χ2n) is 4.01. The predicted octanol–water partition coefficient (Wildman–Crippen LogP) is 2.02. The molecule has 3 nitrogen and oxygen atoms in total. The van der Waals surface area contributed by atoms with Crippen LogP contribution in [0.4, 0.5) is 5.69 Å². The lowest BCUT2D eigenvalue weighted by Gasteiger charge is -2.17. The van der Waals surface area contributed by atoms with Crippen molar-refractivity contribution in [2.24, 2.45) is 0 Å². The Morgan fingerprint density at radius 3 is 2.59 bits per heavy atom. The summed E-state index contributed by atoms with van der Waals surface area (Å²) in [6.07, 6.45) is 0. The first-order chi connectivity index (χ1) is 8.22. The largest absolute Gasteiger partial charge is 0.314 e. The van der Waals surface area contributed by atoms with Gasteiger partial charge < -0.3 is 10.2 Å². The van der Waals surface area contributed by atoms with E-state index in [1.54, 1.807) is 19.0 Å². The Morgan fingerprint density at radius 1 is 1.18 bits per heavy atom. The molecule has 0 aromatic heterocycles. The van der Waals surface area contributed by atoms with Crippen molar-refractivity contribution in [1.29, 1.82) is 0 Å². The highest BCUT2D eigenvalue weighted by atomic mass is 16.2. The quantitative estimate of drug-likeness (QED) is 0.871. The van der Waals surface area contributed by atoms with Crippen LogP contribution in [0, 0.1) is 0 Å². The summed E-state index contributed by atoms with van der Waals surface area (Å²) in [5, 5.41) is 5.20. The van der Waals surface area contributed by atoms with Gasteiger partial charge in [0.15, 0.2) is 0 Å². The van der Waals surface area contributed by atoms with E-state index in [9.17, 15) is 4.79 Å². The maximum atomic E-state index is 11.7. The van der Waals surface area contributed by atoms with Crippen LogP contribution in [0.1, 0.15) is 0 Å². The number of fused-ring (bicyclic) bond motifs is 1. The molecule has 88 valence electrons. The molecule has 0 saturated carbocycles. The van der Waals surface area contributed by atoms with E-state index >= 15 is 0 Å². The minimum atomic E-state index is 0.0581. The van der Waals surface area contributed by atoms with Crippen molar-refractivity contribution >= 4 is 22.4 Å². The number of likely N-dealkylation sites (N-methyl/N-ethyl adjacent to an activating group) is 2. The van der Waals surface area contributed by atoms with Gasteiger partial charge in [-0.1, -0.05) is 30.3 Å². The number of anilines is 1. The molecule has 3 heteroatoms. The Hall–Kier alpha value is -1.87. The monoisotopic (exact) mass is 228 g/mol. The molecule has 0 bridgehead atoms. The van der Waals surface area contributed by atoms with Gasteiger partial charge in [-0.3, -0.25) is 4.79 Å². The van der Waals surface area contributed by atoms with Crippen molar-refractivity contribution in [1.82, 2.24) is 5.32 Å². The molecule has 2 rings (SSSR count). The van der Waals surface area contributed by atoms with Gasteiger partial charge >= 0.3 is 0 Å². The molecule has 0 radical (unpaired) electrons. The Kier molecular flexibility index (Phi) is 3.40. The SMILES string of the molecule is CNCC(=O)N(C)c1ccc2ccccc2c1. The van der Waals surface area contributed by atoms with Gasteiger partial charge in [-0.05, 0) is 30.0 Å². The van der Waals surface area contributed by atoms with Crippen LogP contribution in [0.2, 0.25) is 0 Å². The van der Waals surface area contributed by atoms with Crippen molar-refractivity contribution in [3.63, 3.8) is 0 Å². The molecule has 1 N–H and O–H groups in total. The number of carbonyl (C=O) groups is 1. The number of nitrogens with zero attached hydrogens (tertiary/aromatic N) is 1. The standard InChI is InChI=1S/C14H16N2O/c1-15-10-14(17)16(2)13-8-7-11-5-3-4-6-12(11)9-13/h3-9,15H,10H2,1-2H3. The average molecular weight is 228 g/mol. The molecule has 0 spiro atoms. The zero-order valence-corrected chi connectivity index (χ0v) is 10.1. The molecular formula is C14H16N2O. The van der Waals surface area contributed by atoms with Crippen molar-refractivity contribution < 1.29 is 4.79 Å². The lowest BCUT2D eigenvalue weighted by atomic mass is 10.1. The zero-order valence-electron chi connectivity index (χ0n) is 10.1. The first-order valence-electron chi connectivity index (χ1n) is 5.62. The van der Waals surface area contributed by atoms with E-state index in [1.165, 1.54) is 5.39 Å². The summed E-state index contributed by atoms with van der Waals surface area (Å²) in [4.78, 5) is 13.4. The topological polar surface area (TPSA) is 32.3 Å². The molecule has 0 aliphatic heterocycles. The van der Waals surface area contributed by atoms with E-state index in [1.807, 2.05) is 30.3 Å². The van der Waals surface area contributed by atoms with E-state index in [-0.39, 0.29) is 5.91 Å². The first kappa shape index (κ1) is 11.6. The Balaban J connectivity index is 2.32. The van der Waals surface area contributed by atoms with E-state index in [0.29, 0.717) is 6.54 Å². The number of rotatable bonds is 3. The van der Waals surface area contributed by atoms with Gasteiger partial charge in [0, 0.05) is 12.7 Å². The fourth-order valence-corrected chi connectivity index (χ4v) is 1.80. The third-order valence-corrected chi connectivity index (χ3v) is 2.82. The van der Waals surface area contributed by atoms with Gasteiger partial charge in [0.25, 0.3) is 0 Å². The van der Waals surface area contributed by atoms with E-state index < -0.39 is 0 Å². The van der Waals surface area contributed by atoms with Gasteiger partial charge in [0.05, 0.1) is 6.54 Å². The molecule has 0 heterocycles. The molecule has 0 aliphatic rings. The minimum absolute atomic E-state index is 0.0581. The van der Waals surface area contributed by atoms with Crippen molar-refractivity contribution in [3.05, 3.63) is 42.5 Å². The Bertz CT molecular complexity index is 536. The molecule has 2 aromatic carbocycles. The van der Waals surface area contributed by atoms with Crippen molar-refractivity contribution in [2.45, 2.75) is 0 Å². The van der Waals surface area contributed by atoms with Gasteiger partial charge in [0.1, 0.15) is 0 Å². The highest BCUT2D eigenvalue weighted by Gasteiger charge is 2.09. The predicted molar refractivity (Wildman–Crippen MR) is 71.3 cm³/mol. The van der Waals surface area contributed by atoms with Crippen LogP contribution in [0.25, 0.3) is 10.8 Å². The number of amides is 1. The van der Waals surface area contributed by atoms with E-state index in [4.69, 9.17) is 0 Å². The van der Waals surface area contributed by atoms with Crippen LogP contribution in [0.5, 0.6) is 0 Å². The number of benzene rings is 2. The summed E-state index contributed by atoms with van der Waals surface area (Å²) in [6, 6.07) is 14.2. The summed E-state index contributed by atoms with van der Waals surface area (Å²) in [5.74, 6) is 0.0581.